The summed E-state index contributed by atoms with van der Waals surface area (Å²) in [7, 11) is 3.30. The first kappa shape index (κ1) is 44.1. The lowest BCUT2D eigenvalue weighted by atomic mass is 9.80. The summed E-state index contributed by atoms with van der Waals surface area (Å²) in [6.45, 7) is 22.5. The van der Waals surface area contributed by atoms with Crippen molar-refractivity contribution in [2.45, 2.75) is 138 Å². The molecule has 0 aliphatic carbocycles. The van der Waals surface area contributed by atoms with Crippen LogP contribution < -0.4 is 14.8 Å². The molecule has 11 nitrogen and oxygen atoms in total. The number of carbonyl (C=O) groups excluding carboxylic acids is 2. The molecule has 292 valence electrons. The van der Waals surface area contributed by atoms with Crippen molar-refractivity contribution in [1.29, 1.82) is 0 Å². The van der Waals surface area contributed by atoms with Gasteiger partial charge in [-0.05, 0) is 102 Å². The van der Waals surface area contributed by atoms with Crippen molar-refractivity contribution in [3.05, 3.63) is 23.8 Å². The lowest BCUT2D eigenvalue weighted by molar-refractivity contribution is -0.149. The second kappa shape index (κ2) is 19.1. The molecule has 2 N–H and O–H groups in total. The lowest BCUT2D eigenvalue weighted by Gasteiger charge is -2.37. The van der Waals surface area contributed by atoms with Gasteiger partial charge in [-0.3, -0.25) is 14.5 Å². The first-order valence-electron chi connectivity index (χ1n) is 18.8. The number of hydrogen-bond donors (Lipinski definition) is 2. The SMILES string of the molecule is CCC(CC)(CNC(=O)[C@@H](C[C@@H]1OC(C)(C)N(C(=O)OC(C)(C)C)[C@H]1C[C@H](Cc1ccc(OC)c(OCCCOC)c1)C(C)C)C(C)C)C(=O)O. The summed E-state index contributed by atoms with van der Waals surface area (Å²) in [6.07, 6.45) is 2.34. The Hall–Kier alpha value is -3.05. The van der Waals surface area contributed by atoms with Gasteiger partial charge in [0.05, 0.1) is 31.3 Å². The molecule has 0 radical (unpaired) electrons. The van der Waals surface area contributed by atoms with Crippen molar-refractivity contribution in [2.75, 3.05) is 34.0 Å². The molecule has 0 aromatic heterocycles. The molecule has 0 saturated carbocycles. The van der Waals surface area contributed by atoms with Crippen molar-refractivity contribution in [3.63, 3.8) is 0 Å². The monoisotopic (exact) mass is 720 g/mol. The van der Waals surface area contributed by atoms with Crippen LogP contribution in [-0.2, 0) is 30.2 Å². The molecule has 1 aliphatic rings. The number of nitrogens with zero attached hydrogens (tertiary/aromatic N) is 1. The van der Waals surface area contributed by atoms with E-state index < -0.39 is 40.8 Å². The number of rotatable bonds is 20. The average Bonchev–Trinajstić information content (AvgIpc) is 3.29. The normalized spacial score (nSPS) is 18.8. The van der Waals surface area contributed by atoms with Crippen LogP contribution >= 0.6 is 0 Å². The number of benzene rings is 1. The molecule has 1 aliphatic heterocycles. The summed E-state index contributed by atoms with van der Waals surface area (Å²) < 4.78 is 29.5. The number of carboxylic acid groups (broad SMARTS) is 1. The van der Waals surface area contributed by atoms with Crippen LogP contribution in [0.2, 0.25) is 0 Å². The number of hydrogen-bond acceptors (Lipinski definition) is 8. The molecule has 2 rings (SSSR count). The molecule has 1 saturated heterocycles. The Morgan fingerprint density at radius 2 is 1.63 bits per heavy atom. The van der Waals surface area contributed by atoms with Gasteiger partial charge in [0.15, 0.2) is 11.5 Å². The molecule has 1 heterocycles. The van der Waals surface area contributed by atoms with Gasteiger partial charge in [-0.1, -0.05) is 47.6 Å². The number of nitrogens with one attached hydrogen (secondary N) is 1. The Morgan fingerprint density at radius 1 is 0.980 bits per heavy atom. The van der Waals surface area contributed by atoms with Gasteiger partial charge in [-0.15, -0.1) is 0 Å². The molecule has 1 fully saturated rings. The fourth-order valence-corrected chi connectivity index (χ4v) is 6.95. The molecule has 2 amide bonds. The number of methoxy groups -OCH3 is 2. The predicted molar refractivity (Wildman–Crippen MR) is 199 cm³/mol. The van der Waals surface area contributed by atoms with Gasteiger partial charge in [0.2, 0.25) is 5.91 Å². The number of aliphatic carboxylic acids is 1. The Morgan fingerprint density at radius 3 is 2.14 bits per heavy atom. The molecule has 1 aromatic carbocycles. The van der Waals surface area contributed by atoms with E-state index in [-0.39, 0.29) is 36.2 Å². The quantitative estimate of drug-likeness (QED) is 0.130. The first-order chi connectivity index (χ1) is 23.7. The fraction of sp³-hybridized carbons (Fsp3) is 0.775. The maximum atomic E-state index is 14.0. The van der Waals surface area contributed by atoms with Crippen molar-refractivity contribution in [3.8, 4) is 11.5 Å². The van der Waals surface area contributed by atoms with Crippen LogP contribution in [0, 0.1) is 29.1 Å². The maximum absolute atomic E-state index is 14.0. The molecular formula is C40H68N2O9. The molecule has 4 atom stereocenters. The lowest BCUT2D eigenvalue weighted by Crippen LogP contribution is -2.51. The summed E-state index contributed by atoms with van der Waals surface area (Å²) in [5, 5.41) is 12.9. The van der Waals surface area contributed by atoms with Gasteiger partial charge in [0.1, 0.15) is 11.3 Å². The standard InChI is InChI=1S/C40H68N2O9/c1-14-40(15-2,36(44)45)25-41-35(43)30(27(5)6)24-33-31(42(39(10,11)50-33)37(46)51-38(7,8)9)23-29(26(3)4)21-28-17-18-32(48-13)34(22-28)49-20-16-19-47-12/h17-18,22,26-27,29-31,33H,14-16,19-21,23-25H2,1-13H3,(H,41,43)(H,44,45)/t29-,30-,31-,33-/m0/s1. The third-order valence-corrected chi connectivity index (χ3v) is 10.4. The van der Waals surface area contributed by atoms with Crippen LogP contribution in [0.4, 0.5) is 4.79 Å². The molecule has 11 heteroatoms. The molecule has 1 aromatic rings. The molecule has 0 bridgehead atoms. The minimum atomic E-state index is -1.03. The Kier molecular flexibility index (Phi) is 16.6. The summed E-state index contributed by atoms with van der Waals surface area (Å²) in [6, 6.07) is 5.63. The van der Waals surface area contributed by atoms with E-state index in [2.05, 4.69) is 25.2 Å². The highest BCUT2D eigenvalue weighted by molar-refractivity contribution is 5.81. The topological polar surface area (TPSA) is 133 Å². The second-order valence-electron chi connectivity index (χ2n) is 16.2. The zero-order valence-electron chi connectivity index (χ0n) is 33.7. The van der Waals surface area contributed by atoms with E-state index in [0.717, 1.165) is 18.4 Å². The molecule has 0 spiro atoms. The van der Waals surface area contributed by atoms with Gasteiger partial charge in [-0.25, -0.2) is 4.79 Å². The molecule has 51 heavy (non-hydrogen) atoms. The average molecular weight is 721 g/mol. The van der Waals surface area contributed by atoms with E-state index in [0.29, 0.717) is 50.4 Å². The van der Waals surface area contributed by atoms with Gasteiger partial charge in [0, 0.05) is 32.6 Å². The number of amides is 2. The van der Waals surface area contributed by atoms with Crippen LogP contribution in [-0.4, -0.2) is 85.4 Å². The van der Waals surface area contributed by atoms with E-state index in [1.165, 1.54) is 0 Å². The van der Waals surface area contributed by atoms with Crippen molar-refractivity contribution in [2.24, 2.45) is 29.1 Å². The van der Waals surface area contributed by atoms with Crippen molar-refractivity contribution < 1.29 is 43.2 Å². The van der Waals surface area contributed by atoms with Gasteiger partial charge in [-0.2, -0.15) is 0 Å². The predicted octanol–water partition coefficient (Wildman–Crippen LogP) is 7.73. The zero-order valence-corrected chi connectivity index (χ0v) is 33.7. The third-order valence-electron chi connectivity index (χ3n) is 10.4. The Balaban J connectivity index is 2.48. The van der Waals surface area contributed by atoms with Crippen molar-refractivity contribution >= 4 is 18.0 Å². The van der Waals surface area contributed by atoms with E-state index >= 15 is 0 Å². The second-order valence-corrected chi connectivity index (χ2v) is 16.2. The fourth-order valence-electron chi connectivity index (χ4n) is 6.95. The van der Waals surface area contributed by atoms with Gasteiger partial charge >= 0.3 is 12.1 Å². The van der Waals surface area contributed by atoms with Crippen LogP contribution in [0.3, 0.4) is 0 Å². The van der Waals surface area contributed by atoms with Gasteiger partial charge < -0.3 is 34.1 Å². The van der Waals surface area contributed by atoms with Crippen molar-refractivity contribution in [1.82, 2.24) is 10.2 Å². The summed E-state index contributed by atoms with van der Waals surface area (Å²) in [5.41, 5.74) is -1.66. The first-order valence-corrected chi connectivity index (χ1v) is 18.8. The maximum Gasteiger partial charge on any atom is 0.412 e. The van der Waals surface area contributed by atoms with Crippen LogP contribution in [0.15, 0.2) is 18.2 Å². The Bertz CT molecular complexity index is 1270. The highest BCUT2D eigenvalue weighted by Crippen LogP contribution is 2.42. The summed E-state index contributed by atoms with van der Waals surface area (Å²) >= 11 is 0. The summed E-state index contributed by atoms with van der Waals surface area (Å²) in [4.78, 5) is 41.7. The highest BCUT2D eigenvalue weighted by Gasteiger charge is 2.52. The summed E-state index contributed by atoms with van der Waals surface area (Å²) in [5.74, 6) is 0.0776. The van der Waals surface area contributed by atoms with Crippen LogP contribution in [0.25, 0.3) is 0 Å². The number of carbonyl (C=O) groups is 3. The van der Waals surface area contributed by atoms with Gasteiger partial charge in [0.25, 0.3) is 0 Å². The Labute approximate surface area is 307 Å². The van der Waals surface area contributed by atoms with E-state index in [1.54, 1.807) is 19.1 Å². The largest absolute Gasteiger partial charge is 0.493 e. The van der Waals surface area contributed by atoms with E-state index in [9.17, 15) is 19.5 Å². The number of carboxylic acids is 1. The zero-order chi connectivity index (χ0) is 38.7. The minimum absolute atomic E-state index is 0.0528. The molecule has 0 unspecified atom stereocenters. The van der Waals surface area contributed by atoms with E-state index in [4.69, 9.17) is 23.7 Å². The smallest absolute Gasteiger partial charge is 0.412 e. The van der Waals surface area contributed by atoms with E-state index in [1.807, 2.05) is 74.4 Å². The highest BCUT2D eigenvalue weighted by atomic mass is 16.6. The van der Waals surface area contributed by atoms with Crippen LogP contribution in [0.5, 0.6) is 11.5 Å². The minimum Gasteiger partial charge on any atom is -0.493 e. The number of ether oxygens (including phenoxy) is 5. The molecular weight excluding hydrogens is 652 g/mol. The third kappa shape index (κ3) is 12.3. The van der Waals surface area contributed by atoms with Crippen LogP contribution in [0.1, 0.15) is 114 Å².